The van der Waals surface area contributed by atoms with Crippen LogP contribution in [-0.2, 0) is 4.74 Å². The molecule has 1 N–H and O–H groups in total. The van der Waals surface area contributed by atoms with E-state index in [4.69, 9.17) is 4.74 Å². The number of piperidine rings is 1. The summed E-state index contributed by atoms with van der Waals surface area (Å²) in [5.41, 5.74) is 0. The quantitative estimate of drug-likeness (QED) is 0.794. The third kappa shape index (κ3) is 3.43. The minimum atomic E-state index is 0.637. The lowest BCUT2D eigenvalue weighted by Crippen LogP contribution is -2.46. The summed E-state index contributed by atoms with van der Waals surface area (Å²) >= 11 is 0. The topological polar surface area (TPSA) is 24.5 Å². The van der Waals surface area contributed by atoms with Crippen LogP contribution in [0.25, 0.3) is 0 Å². The summed E-state index contributed by atoms with van der Waals surface area (Å²) in [5.74, 6) is 0.925. The molecule has 3 heteroatoms. The third-order valence-electron chi connectivity index (χ3n) is 4.59. The molecule has 0 amide bonds. The second-order valence-electron chi connectivity index (χ2n) is 5.59. The molecule has 2 rings (SSSR count). The molecule has 100 valence electrons. The molecule has 0 bridgehead atoms. The molecule has 2 saturated heterocycles. The Morgan fingerprint density at radius 2 is 2.06 bits per heavy atom. The Morgan fingerprint density at radius 1 is 1.29 bits per heavy atom. The van der Waals surface area contributed by atoms with Gasteiger partial charge in [0, 0.05) is 19.2 Å². The Morgan fingerprint density at radius 3 is 2.59 bits per heavy atom. The van der Waals surface area contributed by atoms with Crippen molar-refractivity contribution in [1.82, 2.24) is 10.2 Å². The lowest BCUT2D eigenvalue weighted by Gasteiger charge is -2.38. The predicted octanol–water partition coefficient (Wildman–Crippen LogP) is 1.88. The van der Waals surface area contributed by atoms with Crippen LogP contribution in [0.5, 0.6) is 0 Å². The average Bonchev–Trinajstić information content (AvgIpc) is 2.90. The van der Waals surface area contributed by atoms with Crippen molar-refractivity contribution < 1.29 is 4.74 Å². The molecule has 0 radical (unpaired) electrons. The SMILES string of the molecule is CCC(COC)N1CCC(C2CCCN2)CC1. The molecule has 2 heterocycles. The van der Waals surface area contributed by atoms with Crippen LogP contribution in [0.3, 0.4) is 0 Å². The van der Waals surface area contributed by atoms with Crippen LogP contribution in [0.15, 0.2) is 0 Å². The van der Waals surface area contributed by atoms with Crippen molar-refractivity contribution in [3.8, 4) is 0 Å². The zero-order chi connectivity index (χ0) is 12.1. The Balaban J connectivity index is 1.76. The van der Waals surface area contributed by atoms with Crippen LogP contribution in [-0.4, -0.2) is 50.3 Å². The van der Waals surface area contributed by atoms with Crippen LogP contribution in [0.2, 0.25) is 0 Å². The zero-order valence-electron chi connectivity index (χ0n) is 11.5. The summed E-state index contributed by atoms with van der Waals surface area (Å²) in [7, 11) is 1.82. The highest BCUT2D eigenvalue weighted by molar-refractivity contribution is 4.87. The molecular weight excluding hydrogens is 212 g/mol. The highest BCUT2D eigenvalue weighted by atomic mass is 16.5. The first-order valence-electron chi connectivity index (χ1n) is 7.31. The molecule has 0 saturated carbocycles. The largest absolute Gasteiger partial charge is 0.383 e. The minimum absolute atomic E-state index is 0.637. The Hall–Kier alpha value is -0.120. The van der Waals surface area contributed by atoms with Gasteiger partial charge in [-0.25, -0.2) is 0 Å². The minimum Gasteiger partial charge on any atom is -0.383 e. The lowest BCUT2D eigenvalue weighted by atomic mass is 9.88. The zero-order valence-corrected chi connectivity index (χ0v) is 11.5. The summed E-state index contributed by atoms with van der Waals surface area (Å²) < 4.78 is 5.32. The van der Waals surface area contributed by atoms with Gasteiger partial charge in [-0.1, -0.05) is 6.92 Å². The number of methoxy groups -OCH3 is 1. The number of nitrogens with zero attached hydrogens (tertiary/aromatic N) is 1. The normalized spacial score (nSPS) is 29.6. The van der Waals surface area contributed by atoms with Gasteiger partial charge in [-0.3, -0.25) is 4.90 Å². The van der Waals surface area contributed by atoms with Gasteiger partial charge in [0.25, 0.3) is 0 Å². The maximum absolute atomic E-state index is 5.32. The van der Waals surface area contributed by atoms with Crippen molar-refractivity contribution in [3.05, 3.63) is 0 Å². The molecule has 2 unspecified atom stereocenters. The van der Waals surface area contributed by atoms with E-state index in [1.807, 2.05) is 7.11 Å². The maximum atomic E-state index is 5.32. The van der Waals surface area contributed by atoms with E-state index in [0.717, 1.165) is 18.6 Å². The van der Waals surface area contributed by atoms with Crippen LogP contribution in [0, 0.1) is 5.92 Å². The molecule has 0 aromatic carbocycles. The van der Waals surface area contributed by atoms with E-state index in [1.165, 1.54) is 51.7 Å². The van der Waals surface area contributed by atoms with Gasteiger partial charge in [0.15, 0.2) is 0 Å². The van der Waals surface area contributed by atoms with Crippen LogP contribution in [0.1, 0.15) is 39.0 Å². The standard InChI is InChI=1S/C14H28N2O/c1-3-13(11-17-2)16-9-6-12(7-10-16)14-5-4-8-15-14/h12-15H,3-11H2,1-2H3. The second-order valence-corrected chi connectivity index (χ2v) is 5.59. The van der Waals surface area contributed by atoms with Gasteiger partial charge in [-0.2, -0.15) is 0 Å². The third-order valence-corrected chi connectivity index (χ3v) is 4.59. The molecule has 0 aliphatic carbocycles. The number of likely N-dealkylation sites (tertiary alicyclic amines) is 1. The van der Waals surface area contributed by atoms with Crippen molar-refractivity contribution in [2.75, 3.05) is 33.4 Å². The number of hydrogen-bond acceptors (Lipinski definition) is 3. The van der Waals surface area contributed by atoms with Crippen molar-refractivity contribution in [2.45, 2.75) is 51.1 Å². The molecule has 2 aliphatic heterocycles. The first-order valence-corrected chi connectivity index (χ1v) is 7.31. The molecule has 17 heavy (non-hydrogen) atoms. The average molecular weight is 240 g/mol. The fourth-order valence-electron chi connectivity index (χ4n) is 3.47. The van der Waals surface area contributed by atoms with Gasteiger partial charge in [-0.05, 0) is 57.7 Å². The van der Waals surface area contributed by atoms with Gasteiger partial charge in [0.05, 0.1) is 6.61 Å². The fourth-order valence-corrected chi connectivity index (χ4v) is 3.47. The maximum Gasteiger partial charge on any atom is 0.0617 e. The summed E-state index contributed by atoms with van der Waals surface area (Å²) in [6.45, 7) is 6.94. The number of hydrogen-bond donors (Lipinski definition) is 1. The first kappa shape index (κ1) is 13.3. The molecule has 2 atom stereocenters. The van der Waals surface area contributed by atoms with Gasteiger partial charge in [-0.15, -0.1) is 0 Å². The molecule has 2 fully saturated rings. The van der Waals surface area contributed by atoms with Crippen molar-refractivity contribution in [2.24, 2.45) is 5.92 Å². The van der Waals surface area contributed by atoms with Gasteiger partial charge >= 0.3 is 0 Å². The monoisotopic (exact) mass is 240 g/mol. The highest BCUT2D eigenvalue weighted by Gasteiger charge is 2.30. The van der Waals surface area contributed by atoms with Crippen LogP contribution in [0.4, 0.5) is 0 Å². The van der Waals surface area contributed by atoms with E-state index >= 15 is 0 Å². The van der Waals surface area contributed by atoms with Gasteiger partial charge in [0.2, 0.25) is 0 Å². The lowest BCUT2D eigenvalue weighted by molar-refractivity contribution is 0.0579. The predicted molar refractivity (Wildman–Crippen MR) is 71.3 cm³/mol. The molecular formula is C14H28N2O. The Labute approximate surface area is 106 Å². The molecule has 0 spiro atoms. The van der Waals surface area contributed by atoms with Crippen LogP contribution >= 0.6 is 0 Å². The molecule has 0 aromatic heterocycles. The van der Waals surface area contributed by atoms with E-state index in [1.54, 1.807) is 0 Å². The number of ether oxygens (including phenoxy) is 1. The smallest absolute Gasteiger partial charge is 0.0617 e. The highest BCUT2D eigenvalue weighted by Crippen LogP contribution is 2.26. The van der Waals surface area contributed by atoms with E-state index < -0.39 is 0 Å². The molecule has 3 nitrogen and oxygen atoms in total. The summed E-state index contributed by atoms with van der Waals surface area (Å²) in [5, 5.41) is 3.67. The van der Waals surface area contributed by atoms with Crippen molar-refractivity contribution in [3.63, 3.8) is 0 Å². The summed E-state index contributed by atoms with van der Waals surface area (Å²) in [6, 6.07) is 1.46. The summed E-state index contributed by atoms with van der Waals surface area (Å²) in [4.78, 5) is 2.63. The van der Waals surface area contributed by atoms with E-state index in [0.29, 0.717) is 6.04 Å². The number of nitrogens with one attached hydrogen (secondary N) is 1. The van der Waals surface area contributed by atoms with E-state index in [-0.39, 0.29) is 0 Å². The van der Waals surface area contributed by atoms with Crippen molar-refractivity contribution >= 4 is 0 Å². The van der Waals surface area contributed by atoms with Crippen molar-refractivity contribution in [1.29, 1.82) is 0 Å². The molecule has 0 aromatic rings. The Kier molecular flexibility index (Phi) is 5.26. The number of rotatable bonds is 5. The summed E-state index contributed by atoms with van der Waals surface area (Å²) in [6.07, 6.45) is 6.74. The second kappa shape index (κ2) is 6.72. The first-order chi connectivity index (χ1) is 8.35. The molecule has 2 aliphatic rings. The fraction of sp³-hybridized carbons (Fsp3) is 1.00. The van der Waals surface area contributed by atoms with Gasteiger partial charge in [0.1, 0.15) is 0 Å². The van der Waals surface area contributed by atoms with E-state index in [2.05, 4.69) is 17.1 Å². The van der Waals surface area contributed by atoms with Crippen LogP contribution < -0.4 is 5.32 Å². The van der Waals surface area contributed by atoms with E-state index in [9.17, 15) is 0 Å². The van der Waals surface area contributed by atoms with Gasteiger partial charge < -0.3 is 10.1 Å². The Bertz CT molecular complexity index is 208.